The van der Waals surface area contributed by atoms with E-state index in [-0.39, 0.29) is 18.4 Å². The van der Waals surface area contributed by atoms with Crippen LogP contribution in [-0.2, 0) is 20.9 Å². The molecule has 3 aromatic carbocycles. The second-order valence-corrected chi connectivity index (χ2v) is 9.57. The highest BCUT2D eigenvalue weighted by Crippen LogP contribution is 2.21. The average Bonchev–Trinajstić information content (AvgIpc) is 3.04. The van der Waals surface area contributed by atoms with Crippen LogP contribution in [-0.4, -0.2) is 79.0 Å². The lowest BCUT2D eigenvalue weighted by molar-refractivity contribution is -0.193. The zero-order valence-electron chi connectivity index (χ0n) is 24.5. The van der Waals surface area contributed by atoms with E-state index in [2.05, 4.69) is 15.5 Å². The Morgan fingerprint density at radius 1 is 0.809 bits per heavy atom. The molecule has 1 saturated heterocycles. The Morgan fingerprint density at radius 2 is 1.34 bits per heavy atom. The Hall–Kier alpha value is -5.16. The molecular weight excluding hydrogens is 640 g/mol. The molecule has 6 N–H and O–H groups in total. The lowest BCUT2D eigenvalue weighted by Crippen LogP contribution is -2.43. The van der Waals surface area contributed by atoms with E-state index in [0.29, 0.717) is 23.5 Å². The van der Waals surface area contributed by atoms with Gasteiger partial charge in [-0.3, -0.25) is 14.5 Å². The number of nitrogens with two attached hydrogens (primary N) is 1. The molecule has 1 fully saturated rings. The van der Waals surface area contributed by atoms with Gasteiger partial charge in [0, 0.05) is 55.3 Å². The standard InChI is InChI=1S/C26H29N5O2.2C2HF3O2/c27-18-20-5-4-6-21(17-20)26(33)31(24-7-2-1-3-8-24)19-25(32)29-22-9-11-23(12-10-22)30-15-13-28-14-16-30;2*3-2(4,5)1(6)7/h1-12,17,28H,13-16,18-19,27H2,(H,29,32);2*(H,6,7). The molecule has 11 nitrogen and oxygen atoms in total. The Morgan fingerprint density at radius 3 is 1.83 bits per heavy atom. The van der Waals surface area contributed by atoms with Crippen molar-refractivity contribution in [2.45, 2.75) is 18.9 Å². The zero-order chi connectivity index (χ0) is 35.2. The number of rotatable bonds is 7. The van der Waals surface area contributed by atoms with Gasteiger partial charge in [0.2, 0.25) is 5.91 Å². The van der Waals surface area contributed by atoms with Crippen LogP contribution >= 0.6 is 0 Å². The first-order chi connectivity index (χ1) is 22.0. The molecule has 2 amide bonds. The summed E-state index contributed by atoms with van der Waals surface area (Å²) in [4.78, 5) is 47.8. The number of para-hydroxylation sites is 1. The van der Waals surface area contributed by atoms with Crippen molar-refractivity contribution in [3.63, 3.8) is 0 Å². The first-order valence-electron chi connectivity index (χ1n) is 13.6. The molecule has 0 atom stereocenters. The summed E-state index contributed by atoms with van der Waals surface area (Å²) in [6, 6.07) is 24.2. The van der Waals surface area contributed by atoms with Crippen molar-refractivity contribution in [3.05, 3.63) is 90.0 Å². The number of amides is 2. The van der Waals surface area contributed by atoms with Crippen LogP contribution in [0.4, 0.5) is 43.4 Å². The fourth-order valence-corrected chi connectivity index (χ4v) is 3.90. The number of carbonyl (C=O) groups excluding carboxylic acids is 2. The van der Waals surface area contributed by atoms with Crippen LogP contribution in [0.5, 0.6) is 0 Å². The van der Waals surface area contributed by atoms with Gasteiger partial charge in [-0.05, 0) is 54.1 Å². The highest BCUT2D eigenvalue weighted by Gasteiger charge is 2.38. The molecule has 0 aromatic heterocycles. The summed E-state index contributed by atoms with van der Waals surface area (Å²) in [6.07, 6.45) is -10.2. The molecule has 0 aliphatic carbocycles. The van der Waals surface area contributed by atoms with Crippen molar-refractivity contribution in [3.8, 4) is 0 Å². The zero-order valence-corrected chi connectivity index (χ0v) is 24.5. The lowest BCUT2D eigenvalue weighted by atomic mass is 10.1. The van der Waals surface area contributed by atoms with Crippen LogP contribution in [0.1, 0.15) is 15.9 Å². The third kappa shape index (κ3) is 13.0. The van der Waals surface area contributed by atoms with Crippen molar-refractivity contribution >= 4 is 40.8 Å². The van der Waals surface area contributed by atoms with Gasteiger partial charge < -0.3 is 31.5 Å². The average molecular weight is 672 g/mol. The van der Waals surface area contributed by atoms with Crippen molar-refractivity contribution in [2.75, 3.05) is 47.8 Å². The number of alkyl halides is 6. The third-order valence-electron chi connectivity index (χ3n) is 6.14. The van der Waals surface area contributed by atoms with Gasteiger partial charge in [0.15, 0.2) is 0 Å². The predicted molar refractivity (Wildman–Crippen MR) is 160 cm³/mol. The van der Waals surface area contributed by atoms with Gasteiger partial charge in [-0.2, -0.15) is 26.3 Å². The first-order valence-corrected chi connectivity index (χ1v) is 13.6. The second kappa shape index (κ2) is 17.5. The number of anilines is 3. The largest absolute Gasteiger partial charge is 0.490 e. The summed E-state index contributed by atoms with van der Waals surface area (Å²) in [5, 5.41) is 20.5. The van der Waals surface area contributed by atoms with E-state index in [1.165, 1.54) is 4.90 Å². The Balaban J connectivity index is 0.000000459. The van der Waals surface area contributed by atoms with Gasteiger partial charge in [-0.15, -0.1) is 0 Å². The van der Waals surface area contributed by atoms with Gasteiger partial charge in [0.25, 0.3) is 5.91 Å². The van der Waals surface area contributed by atoms with E-state index in [9.17, 15) is 35.9 Å². The van der Waals surface area contributed by atoms with E-state index >= 15 is 0 Å². The number of hydrogen-bond donors (Lipinski definition) is 5. The normalized spacial score (nSPS) is 12.8. The quantitative estimate of drug-likeness (QED) is 0.233. The van der Waals surface area contributed by atoms with E-state index < -0.39 is 24.3 Å². The van der Waals surface area contributed by atoms with Crippen molar-refractivity contribution in [2.24, 2.45) is 5.73 Å². The van der Waals surface area contributed by atoms with Crippen molar-refractivity contribution < 1.29 is 55.7 Å². The summed E-state index contributed by atoms with van der Waals surface area (Å²) in [5.74, 6) is -6.03. The first kappa shape index (κ1) is 38.0. The van der Waals surface area contributed by atoms with Gasteiger partial charge in [0.1, 0.15) is 6.54 Å². The smallest absolute Gasteiger partial charge is 0.475 e. The number of carbonyl (C=O) groups is 4. The van der Waals surface area contributed by atoms with Crippen LogP contribution in [0.3, 0.4) is 0 Å². The fourth-order valence-electron chi connectivity index (χ4n) is 3.90. The molecule has 47 heavy (non-hydrogen) atoms. The molecular formula is C30H31F6N5O6. The van der Waals surface area contributed by atoms with Crippen LogP contribution in [0.15, 0.2) is 78.9 Å². The molecule has 0 saturated carbocycles. The van der Waals surface area contributed by atoms with E-state index in [4.69, 9.17) is 25.5 Å². The minimum Gasteiger partial charge on any atom is -0.475 e. The summed E-state index contributed by atoms with van der Waals surface area (Å²) in [5.41, 5.74) is 9.59. The SMILES string of the molecule is NCc1cccc(C(=O)N(CC(=O)Nc2ccc(N3CCNCC3)cc2)c2ccccc2)c1.O=C(O)C(F)(F)F.O=C(O)C(F)(F)F. The van der Waals surface area contributed by atoms with E-state index in [1.54, 1.807) is 18.2 Å². The summed E-state index contributed by atoms with van der Waals surface area (Å²) < 4.78 is 63.5. The van der Waals surface area contributed by atoms with E-state index in [0.717, 1.165) is 37.4 Å². The molecule has 1 aliphatic heterocycles. The van der Waals surface area contributed by atoms with Crippen LogP contribution in [0.2, 0.25) is 0 Å². The molecule has 254 valence electrons. The summed E-state index contributed by atoms with van der Waals surface area (Å²) >= 11 is 0. The molecule has 3 aromatic rings. The van der Waals surface area contributed by atoms with Crippen molar-refractivity contribution in [1.82, 2.24) is 5.32 Å². The number of nitrogens with zero attached hydrogens (tertiary/aromatic N) is 2. The highest BCUT2D eigenvalue weighted by molar-refractivity contribution is 6.10. The fraction of sp³-hybridized carbons (Fsp3) is 0.267. The Bertz CT molecular complexity index is 1460. The molecule has 4 rings (SSSR count). The molecule has 0 bridgehead atoms. The Labute approximate surface area is 264 Å². The number of halogens is 6. The number of nitrogens with one attached hydrogen (secondary N) is 2. The molecule has 1 heterocycles. The topological polar surface area (TPSA) is 165 Å². The maximum Gasteiger partial charge on any atom is 0.490 e. The molecule has 0 unspecified atom stereocenters. The van der Waals surface area contributed by atoms with Crippen LogP contribution in [0.25, 0.3) is 0 Å². The lowest BCUT2D eigenvalue weighted by Gasteiger charge is -2.29. The monoisotopic (exact) mass is 671 g/mol. The highest BCUT2D eigenvalue weighted by atomic mass is 19.4. The van der Waals surface area contributed by atoms with Crippen LogP contribution < -0.4 is 26.2 Å². The predicted octanol–water partition coefficient (Wildman–Crippen LogP) is 4.11. The Kier molecular flexibility index (Phi) is 14.2. The minimum absolute atomic E-state index is 0.102. The second-order valence-electron chi connectivity index (χ2n) is 9.57. The number of hydrogen-bond acceptors (Lipinski definition) is 7. The molecule has 1 aliphatic rings. The van der Waals surface area contributed by atoms with E-state index in [1.807, 2.05) is 60.7 Å². The van der Waals surface area contributed by atoms with Gasteiger partial charge in [-0.25, -0.2) is 9.59 Å². The van der Waals surface area contributed by atoms with Gasteiger partial charge >= 0.3 is 24.3 Å². The van der Waals surface area contributed by atoms with Crippen molar-refractivity contribution in [1.29, 1.82) is 0 Å². The summed E-state index contributed by atoms with van der Waals surface area (Å²) in [7, 11) is 0. The maximum atomic E-state index is 13.3. The molecule has 17 heteroatoms. The number of aliphatic carboxylic acids is 2. The third-order valence-corrected chi connectivity index (χ3v) is 6.14. The van der Waals surface area contributed by atoms with Gasteiger partial charge in [0.05, 0.1) is 0 Å². The number of piperazine rings is 1. The maximum absolute atomic E-state index is 13.3. The van der Waals surface area contributed by atoms with Crippen LogP contribution in [0, 0.1) is 0 Å². The molecule has 0 radical (unpaired) electrons. The summed E-state index contributed by atoms with van der Waals surface area (Å²) in [6.45, 7) is 4.11. The minimum atomic E-state index is -5.08. The van der Waals surface area contributed by atoms with Gasteiger partial charge in [-0.1, -0.05) is 30.3 Å². The number of carboxylic acids is 2. The molecule has 0 spiro atoms. The number of benzene rings is 3. The number of carboxylic acid groups (broad SMARTS) is 2.